The number of carbonyl (C=O) groups is 4. The molecule has 0 radical (unpaired) electrons. The number of rotatable bonds is 6. The van der Waals surface area contributed by atoms with Gasteiger partial charge in [-0.1, -0.05) is 85.2 Å². The minimum atomic E-state index is -1.37. The van der Waals surface area contributed by atoms with Crippen LogP contribution < -0.4 is 0 Å². The van der Waals surface area contributed by atoms with Crippen LogP contribution in [0.1, 0.15) is 116 Å². The van der Waals surface area contributed by atoms with E-state index in [1.54, 1.807) is 50.3 Å². The highest BCUT2D eigenvalue weighted by molar-refractivity contribution is 5.71. The van der Waals surface area contributed by atoms with Crippen molar-refractivity contribution in [3.63, 3.8) is 0 Å². The Morgan fingerprint density at radius 3 is 1.46 bits per heavy atom. The van der Waals surface area contributed by atoms with E-state index in [2.05, 4.69) is 13.2 Å². The second-order valence-electron chi connectivity index (χ2n) is 14.6. The van der Waals surface area contributed by atoms with E-state index in [4.69, 9.17) is 18.9 Å². The Bertz CT molecular complexity index is 1250. The van der Waals surface area contributed by atoms with Crippen LogP contribution in [0.5, 0.6) is 0 Å². The van der Waals surface area contributed by atoms with Crippen LogP contribution in [0.2, 0.25) is 0 Å². The predicted octanol–water partition coefficient (Wildman–Crippen LogP) is 7.45. The molecule has 11 nitrogen and oxygen atoms in total. The summed E-state index contributed by atoms with van der Waals surface area (Å²) in [5.41, 5.74) is -0.896. The molecule has 11 heteroatoms. The number of esters is 4. The van der Waals surface area contributed by atoms with Crippen LogP contribution in [0.25, 0.3) is 0 Å². The average Bonchev–Trinajstić information content (AvgIpc) is 3.03. The van der Waals surface area contributed by atoms with E-state index in [-0.39, 0.29) is 64.3 Å². The van der Waals surface area contributed by atoms with Crippen LogP contribution in [0.3, 0.4) is 0 Å². The Morgan fingerprint density at radius 1 is 0.722 bits per heavy atom. The van der Waals surface area contributed by atoms with Gasteiger partial charge in [-0.3, -0.25) is 19.2 Å². The number of hydrogen-bond donors (Lipinski definition) is 3. The third kappa shape index (κ3) is 18.5. The summed E-state index contributed by atoms with van der Waals surface area (Å²) in [7, 11) is 0. The van der Waals surface area contributed by atoms with Gasteiger partial charge in [0.05, 0.1) is 12.5 Å². The van der Waals surface area contributed by atoms with Crippen LogP contribution in [0.15, 0.2) is 72.9 Å². The SMILES string of the molecule is C.C.C=C/C=C(\C)[C@H]1OC(=O)C[C@H](C)CC[C@@](C)(O)[C@@H](OC(C)=O)/C=C/[C@@H]1C.C=C/C=C(\C)[C@H]1OC(=O)C[C@H](O)CC[C@@](C)(O)[C@@H](OC(C)=O)/C=C/[C@@H]1C. The number of allylic oxidation sites excluding steroid dienone is 4. The Kier molecular flexibility index (Phi) is 23.8. The van der Waals surface area contributed by atoms with Gasteiger partial charge in [-0.15, -0.1) is 0 Å². The monoisotopic (exact) mass is 762 g/mol. The van der Waals surface area contributed by atoms with Crippen molar-refractivity contribution in [3.8, 4) is 0 Å². The summed E-state index contributed by atoms with van der Waals surface area (Å²) in [6, 6.07) is 0. The Labute approximate surface area is 324 Å². The fourth-order valence-electron chi connectivity index (χ4n) is 5.99. The highest BCUT2D eigenvalue weighted by Gasteiger charge is 2.36. The molecule has 2 aliphatic heterocycles. The largest absolute Gasteiger partial charge is 0.457 e. The van der Waals surface area contributed by atoms with Crippen molar-refractivity contribution in [1.29, 1.82) is 0 Å². The molecule has 0 amide bonds. The Balaban J connectivity index is 0. The normalized spacial score (nSPS) is 34.1. The molecule has 0 fully saturated rings. The summed E-state index contributed by atoms with van der Waals surface area (Å²) in [6.07, 6.45) is 11.7. The second kappa shape index (κ2) is 24.6. The minimum absolute atomic E-state index is 0. The molecular weight excluding hydrogens is 692 g/mol. The molecule has 2 aliphatic rings. The lowest BCUT2D eigenvalue weighted by molar-refractivity contribution is -0.158. The summed E-state index contributed by atoms with van der Waals surface area (Å²) >= 11 is 0. The summed E-state index contributed by atoms with van der Waals surface area (Å²) in [5.74, 6) is -2.05. The Hall–Kier alpha value is -3.80. The maximum atomic E-state index is 12.3. The van der Waals surface area contributed by atoms with Crippen molar-refractivity contribution in [2.45, 2.75) is 157 Å². The van der Waals surface area contributed by atoms with Gasteiger partial charge in [-0.05, 0) is 82.6 Å². The van der Waals surface area contributed by atoms with Gasteiger partial charge < -0.3 is 34.3 Å². The van der Waals surface area contributed by atoms with Crippen LogP contribution in [0.4, 0.5) is 0 Å². The lowest BCUT2D eigenvalue weighted by Gasteiger charge is -2.32. The quantitative estimate of drug-likeness (QED) is 0.107. The van der Waals surface area contributed by atoms with Crippen molar-refractivity contribution >= 4 is 23.9 Å². The zero-order valence-electron chi connectivity index (χ0n) is 32.5. The van der Waals surface area contributed by atoms with Gasteiger partial charge in [-0.25, -0.2) is 0 Å². The maximum absolute atomic E-state index is 12.3. The van der Waals surface area contributed by atoms with Gasteiger partial charge in [0, 0.05) is 32.1 Å². The van der Waals surface area contributed by atoms with Crippen LogP contribution >= 0.6 is 0 Å². The summed E-state index contributed by atoms with van der Waals surface area (Å²) < 4.78 is 21.9. The van der Waals surface area contributed by atoms with Gasteiger partial charge in [0.25, 0.3) is 0 Å². The van der Waals surface area contributed by atoms with Gasteiger partial charge in [0.1, 0.15) is 35.6 Å². The fourth-order valence-corrected chi connectivity index (χ4v) is 5.99. The molecule has 10 atom stereocenters. The summed E-state index contributed by atoms with van der Waals surface area (Å²) in [6.45, 7) is 22.6. The standard InChI is InChI=1S/C21H32O5.C20H30O6.2CH4/c1-7-8-15(3)20-16(4)9-10-18(25-17(5)22)21(6,24)12-11-14(2)13-19(23)26-20;1-6-7-13(2)19-14(3)8-9-17(25-15(4)21)20(5,24)11-10-16(22)12-18(23)26-19;;/h7-10,14,16,18,20,24H,1,11-13H2,2-6H3;6-9,14,16-17,19,22,24H,1,10-12H2,2-5H3;2*1H4/b10-9+,15-8+;9-8+,13-7+;;/t14-,16+,18+,20-,21-;14-,16+,17-,19+,20+;;/m10../s1. The maximum Gasteiger partial charge on any atom is 0.309 e. The molecule has 0 unspecified atom stereocenters. The van der Waals surface area contributed by atoms with E-state index >= 15 is 0 Å². The van der Waals surface area contributed by atoms with Crippen molar-refractivity contribution in [3.05, 3.63) is 72.9 Å². The van der Waals surface area contributed by atoms with Crippen LogP contribution in [-0.2, 0) is 38.1 Å². The van der Waals surface area contributed by atoms with Crippen molar-refractivity contribution < 1.29 is 53.4 Å². The molecule has 308 valence electrons. The lowest BCUT2D eigenvalue weighted by atomic mass is 9.87. The van der Waals surface area contributed by atoms with Gasteiger partial charge in [-0.2, -0.15) is 0 Å². The smallest absolute Gasteiger partial charge is 0.309 e. The zero-order chi connectivity index (χ0) is 39.8. The average molecular weight is 763 g/mol. The second-order valence-corrected chi connectivity index (χ2v) is 14.6. The molecule has 0 bridgehead atoms. The molecule has 3 N–H and O–H groups in total. The molecule has 0 aliphatic carbocycles. The van der Waals surface area contributed by atoms with Gasteiger partial charge in [0.15, 0.2) is 0 Å². The van der Waals surface area contributed by atoms with Crippen molar-refractivity contribution in [2.75, 3.05) is 0 Å². The first-order valence-electron chi connectivity index (χ1n) is 17.9. The number of hydrogen-bond acceptors (Lipinski definition) is 11. The number of cyclic esters (lactones) is 2. The summed E-state index contributed by atoms with van der Waals surface area (Å²) in [4.78, 5) is 47.3. The first-order chi connectivity index (χ1) is 24.1. The molecule has 0 aromatic heterocycles. The van der Waals surface area contributed by atoms with Crippen LogP contribution in [0, 0.1) is 17.8 Å². The topological polar surface area (TPSA) is 166 Å². The molecule has 0 saturated heterocycles. The molecule has 2 rings (SSSR count). The van der Waals surface area contributed by atoms with E-state index in [1.807, 2.05) is 46.8 Å². The first-order valence-corrected chi connectivity index (χ1v) is 17.9. The molecule has 0 aromatic rings. The third-order valence-electron chi connectivity index (χ3n) is 9.17. The molecule has 2 heterocycles. The van der Waals surface area contributed by atoms with E-state index < -0.39 is 59.6 Å². The number of aliphatic hydroxyl groups excluding tert-OH is 1. The zero-order valence-corrected chi connectivity index (χ0v) is 32.5. The minimum Gasteiger partial charge on any atom is -0.457 e. The van der Waals surface area contributed by atoms with Crippen molar-refractivity contribution in [1.82, 2.24) is 0 Å². The lowest BCUT2D eigenvalue weighted by Crippen LogP contribution is -2.42. The molecule has 0 saturated carbocycles. The van der Waals surface area contributed by atoms with Gasteiger partial charge >= 0.3 is 23.9 Å². The van der Waals surface area contributed by atoms with Gasteiger partial charge in [0.2, 0.25) is 0 Å². The summed E-state index contributed by atoms with van der Waals surface area (Å²) in [5, 5.41) is 31.6. The highest BCUT2D eigenvalue weighted by atomic mass is 16.6. The van der Waals surface area contributed by atoms with Crippen LogP contribution in [-0.4, -0.2) is 80.9 Å². The van der Waals surface area contributed by atoms with Crippen molar-refractivity contribution in [2.24, 2.45) is 17.8 Å². The first kappa shape index (κ1) is 52.3. The fraction of sp³-hybridized carbons (Fsp3) is 0.628. The number of aliphatic hydroxyl groups is 3. The molecule has 0 aromatic carbocycles. The third-order valence-corrected chi connectivity index (χ3v) is 9.17. The van der Waals surface area contributed by atoms with E-state index in [0.29, 0.717) is 12.8 Å². The molecule has 54 heavy (non-hydrogen) atoms. The highest BCUT2D eigenvalue weighted by Crippen LogP contribution is 2.29. The predicted molar refractivity (Wildman–Crippen MR) is 213 cm³/mol. The van der Waals surface area contributed by atoms with E-state index in [1.165, 1.54) is 13.8 Å². The molecular formula is C43H70O11. The van der Waals surface area contributed by atoms with E-state index in [0.717, 1.165) is 11.1 Å². The molecule has 0 spiro atoms. The number of ether oxygens (including phenoxy) is 4. The number of carbonyl (C=O) groups excluding carboxylic acids is 4. The Morgan fingerprint density at radius 2 is 1.09 bits per heavy atom. The van der Waals surface area contributed by atoms with E-state index in [9.17, 15) is 34.5 Å².